The second-order valence-electron chi connectivity index (χ2n) is 8.99. The van der Waals surface area contributed by atoms with Gasteiger partial charge in [0, 0.05) is 41.3 Å². The fourth-order valence-electron chi connectivity index (χ4n) is 3.41. The highest BCUT2D eigenvalue weighted by atomic mass is 32.2. The number of carbonyl (C=O) groups excluding carboxylic acids is 1. The molecule has 3 rings (SSSR count). The third-order valence-corrected chi connectivity index (χ3v) is 6.60. The van der Waals surface area contributed by atoms with E-state index in [-0.39, 0.29) is 6.04 Å². The Morgan fingerprint density at radius 2 is 1.85 bits per heavy atom. The van der Waals surface area contributed by atoms with Gasteiger partial charge in [0.2, 0.25) is 0 Å². The van der Waals surface area contributed by atoms with Crippen LogP contribution in [0.15, 0.2) is 52.4 Å². The zero-order valence-electron chi connectivity index (χ0n) is 20.7. The van der Waals surface area contributed by atoms with Gasteiger partial charge >= 0.3 is 6.09 Å². The lowest BCUT2D eigenvalue weighted by Gasteiger charge is -2.40. The van der Waals surface area contributed by atoms with Crippen LogP contribution in [-0.2, 0) is 4.74 Å². The Kier molecular flexibility index (Phi) is 9.14. The summed E-state index contributed by atoms with van der Waals surface area (Å²) in [5, 5.41) is 2.67. The van der Waals surface area contributed by atoms with Gasteiger partial charge in [0.1, 0.15) is 17.5 Å². The minimum Gasteiger partial charge on any atom is -0.444 e. The van der Waals surface area contributed by atoms with Crippen molar-refractivity contribution in [2.24, 2.45) is 0 Å². The molecule has 1 aliphatic rings. The highest BCUT2D eigenvalue weighted by Crippen LogP contribution is 2.30. The summed E-state index contributed by atoms with van der Waals surface area (Å²) in [6, 6.07) is 12.5. The van der Waals surface area contributed by atoms with E-state index in [2.05, 4.69) is 59.9 Å². The lowest BCUT2D eigenvalue weighted by Crippen LogP contribution is -2.50. The number of hydrogen-bond donors (Lipinski definition) is 1. The first kappa shape index (κ1) is 26.2. The molecule has 1 N–H and O–H groups in total. The minimum atomic E-state index is -0.548. The SMILES string of the molecule is CC#CC1CN(Sc2ccc(NC(=O)OC(C)(C)C)nc2)CCN1c1ccc(SN(C)C)cc1. The Balaban J connectivity index is 1.59. The van der Waals surface area contributed by atoms with Crippen LogP contribution in [0.25, 0.3) is 0 Å². The Morgan fingerprint density at radius 1 is 1.15 bits per heavy atom. The van der Waals surface area contributed by atoms with Crippen LogP contribution in [0.4, 0.5) is 16.3 Å². The Hall–Kier alpha value is -2.38. The molecule has 1 fully saturated rings. The number of carbonyl (C=O) groups is 1. The number of pyridine rings is 1. The number of ether oxygens (including phenoxy) is 1. The second kappa shape index (κ2) is 11.8. The first-order valence-corrected chi connectivity index (χ1v) is 12.7. The molecule has 9 heteroatoms. The average Bonchev–Trinajstić information content (AvgIpc) is 2.75. The number of nitrogens with zero attached hydrogens (tertiary/aromatic N) is 4. The predicted molar refractivity (Wildman–Crippen MR) is 142 cm³/mol. The summed E-state index contributed by atoms with van der Waals surface area (Å²) in [5.41, 5.74) is 0.646. The van der Waals surface area contributed by atoms with E-state index >= 15 is 0 Å². The number of piperazine rings is 1. The summed E-state index contributed by atoms with van der Waals surface area (Å²) in [6.45, 7) is 9.98. The monoisotopic (exact) mass is 499 g/mol. The lowest BCUT2D eigenvalue weighted by molar-refractivity contribution is 0.0635. The summed E-state index contributed by atoms with van der Waals surface area (Å²) in [5.74, 6) is 6.94. The van der Waals surface area contributed by atoms with Crippen molar-refractivity contribution in [3.63, 3.8) is 0 Å². The molecule has 7 nitrogen and oxygen atoms in total. The molecule has 1 amide bonds. The van der Waals surface area contributed by atoms with Crippen LogP contribution in [0.3, 0.4) is 0 Å². The van der Waals surface area contributed by atoms with Crippen molar-refractivity contribution in [1.82, 2.24) is 13.6 Å². The highest BCUT2D eigenvalue weighted by molar-refractivity contribution is 7.97. The van der Waals surface area contributed by atoms with Crippen molar-refractivity contribution in [3.05, 3.63) is 42.6 Å². The second-order valence-corrected chi connectivity index (χ2v) is 11.5. The molecule has 2 aromatic rings. The van der Waals surface area contributed by atoms with Gasteiger partial charge in [-0.05, 0) is 102 Å². The standard InChI is InChI=1S/C25H33N5O2S2/c1-7-8-20-18-29(15-16-30(20)19-9-11-21(12-10-19)33-28(5)6)34-22-13-14-23(26-17-22)27-24(31)32-25(2,3)4/h9-14,17,20H,15-16,18H2,1-6H3,(H,26,27,31). The topological polar surface area (TPSA) is 60.9 Å². The molecule has 0 saturated carbocycles. The first-order valence-electron chi connectivity index (χ1n) is 11.2. The van der Waals surface area contributed by atoms with E-state index in [0.29, 0.717) is 5.82 Å². The van der Waals surface area contributed by atoms with Gasteiger partial charge in [0.15, 0.2) is 0 Å². The number of amides is 1. The van der Waals surface area contributed by atoms with Crippen molar-refractivity contribution in [3.8, 4) is 11.8 Å². The molecule has 0 radical (unpaired) electrons. The van der Waals surface area contributed by atoms with E-state index in [1.54, 1.807) is 36.2 Å². The van der Waals surface area contributed by atoms with Gasteiger partial charge in [-0.3, -0.25) is 9.62 Å². The zero-order chi connectivity index (χ0) is 24.7. The molecule has 1 unspecified atom stereocenters. The molecule has 1 aromatic heterocycles. The van der Waals surface area contributed by atoms with Crippen LogP contribution in [-0.4, -0.2) is 65.1 Å². The Labute approximate surface area is 211 Å². The van der Waals surface area contributed by atoms with Crippen LogP contribution >= 0.6 is 23.9 Å². The Bertz CT molecular complexity index is 1010. The van der Waals surface area contributed by atoms with Crippen LogP contribution in [0, 0.1) is 11.8 Å². The van der Waals surface area contributed by atoms with Gasteiger partial charge < -0.3 is 9.64 Å². The molecule has 34 heavy (non-hydrogen) atoms. The highest BCUT2D eigenvalue weighted by Gasteiger charge is 2.27. The number of aromatic nitrogens is 1. The van der Waals surface area contributed by atoms with E-state index in [4.69, 9.17) is 4.74 Å². The number of hydrogen-bond acceptors (Lipinski definition) is 8. The molecular formula is C25H33N5O2S2. The third kappa shape index (κ3) is 8.13. The Morgan fingerprint density at radius 3 is 2.44 bits per heavy atom. The fraction of sp³-hybridized carbons (Fsp3) is 0.440. The van der Waals surface area contributed by atoms with Gasteiger partial charge in [-0.15, -0.1) is 5.92 Å². The van der Waals surface area contributed by atoms with Gasteiger partial charge in [0.05, 0.1) is 0 Å². The molecule has 0 bridgehead atoms. The molecule has 0 spiro atoms. The number of rotatable bonds is 6. The van der Waals surface area contributed by atoms with Crippen molar-refractivity contribution in [2.45, 2.75) is 49.1 Å². The summed E-state index contributed by atoms with van der Waals surface area (Å²) in [6.07, 6.45) is 1.26. The third-order valence-electron chi connectivity index (χ3n) is 4.71. The molecule has 0 aliphatic carbocycles. The van der Waals surface area contributed by atoms with Crippen LogP contribution < -0.4 is 10.2 Å². The van der Waals surface area contributed by atoms with E-state index in [0.717, 1.165) is 24.5 Å². The molecular weight excluding hydrogens is 466 g/mol. The van der Waals surface area contributed by atoms with Crippen molar-refractivity contribution >= 4 is 41.5 Å². The molecule has 1 aromatic carbocycles. The lowest BCUT2D eigenvalue weighted by atomic mass is 10.1. The normalized spacial score (nSPS) is 16.7. The van der Waals surface area contributed by atoms with Crippen LogP contribution in [0.5, 0.6) is 0 Å². The summed E-state index contributed by atoms with van der Waals surface area (Å²) >= 11 is 3.37. The number of benzene rings is 1. The van der Waals surface area contributed by atoms with Crippen molar-refractivity contribution < 1.29 is 9.53 Å². The van der Waals surface area contributed by atoms with Gasteiger partial charge in [0.25, 0.3) is 0 Å². The maximum Gasteiger partial charge on any atom is 0.413 e. The van der Waals surface area contributed by atoms with E-state index < -0.39 is 11.7 Å². The van der Waals surface area contributed by atoms with E-state index in [9.17, 15) is 4.79 Å². The number of anilines is 2. The first-order chi connectivity index (χ1) is 16.1. The van der Waals surface area contributed by atoms with Crippen LogP contribution in [0.1, 0.15) is 27.7 Å². The molecule has 182 valence electrons. The zero-order valence-corrected chi connectivity index (χ0v) is 22.3. The van der Waals surface area contributed by atoms with Gasteiger partial charge in [-0.2, -0.15) is 0 Å². The van der Waals surface area contributed by atoms with E-state index in [1.165, 1.54) is 10.6 Å². The maximum absolute atomic E-state index is 11.9. The van der Waals surface area contributed by atoms with Gasteiger partial charge in [-0.25, -0.2) is 14.1 Å². The van der Waals surface area contributed by atoms with Crippen LogP contribution in [0.2, 0.25) is 0 Å². The van der Waals surface area contributed by atoms with E-state index in [1.807, 2.05) is 47.9 Å². The summed E-state index contributed by atoms with van der Waals surface area (Å²) < 4.78 is 9.68. The fourth-order valence-corrected chi connectivity index (χ4v) is 5.01. The number of nitrogens with one attached hydrogen (secondary N) is 1. The predicted octanol–water partition coefficient (Wildman–Crippen LogP) is 5.22. The smallest absolute Gasteiger partial charge is 0.413 e. The van der Waals surface area contributed by atoms with Gasteiger partial charge in [-0.1, -0.05) is 5.92 Å². The average molecular weight is 500 g/mol. The quantitative estimate of drug-likeness (QED) is 0.429. The minimum absolute atomic E-state index is 0.111. The summed E-state index contributed by atoms with van der Waals surface area (Å²) in [4.78, 5) is 20.9. The maximum atomic E-state index is 11.9. The largest absolute Gasteiger partial charge is 0.444 e. The molecule has 2 heterocycles. The molecule has 1 atom stereocenters. The van der Waals surface area contributed by atoms with Crippen molar-refractivity contribution in [1.29, 1.82) is 0 Å². The van der Waals surface area contributed by atoms with Crippen molar-refractivity contribution in [2.75, 3.05) is 43.9 Å². The summed E-state index contributed by atoms with van der Waals surface area (Å²) in [7, 11) is 4.09. The molecule has 1 saturated heterocycles. The molecule has 1 aliphatic heterocycles.